The van der Waals surface area contributed by atoms with E-state index in [9.17, 15) is 18.4 Å². The van der Waals surface area contributed by atoms with E-state index in [1.807, 2.05) is 30.3 Å². The van der Waals surface area contributed by atoms with Crippen molar-refractivity contribution in [3.8, 4) is 5.75 Å². The number of hydroxylamine groups is 1. The first-order valence-electron chi connectivity index (χ1n) is 10.00. The number of hydrogen-bond acceptors (Lipinski definition) is 6. The summed E-state index contributed by atoms with van der Waals surface area (Å²) in [5.41, 5.74) is 1.50. The van der Waals surface area contributed by atoms with Crippen molar-refractivity contribution >= 4 is 15.7 Å². The second-order valence-electron chi connectivity index (χ2n) is 8.09. The van der Waals surface area contributed by atoms with Crippen molar-refractivity contribution in [3.63, 3.8) is 0 Å². The van der Waals surface area contributed by atoms with Crippen LogP contribution in [0.4, 0.5) is 0 Å². The molecule has 4 rings (SSSR count). The van der Waals surface area contributed by atoms with E-state index in [1.54, 1.807) is 17.6 Å². The summed E-state index contributed by atoms with van der Waals surface area (Å²) in [6.07, 6.45) is 1.88. The standard InChI is InChI=1S/C22H25NO6S/c24-21(23-25)22(12-18-6-7-19(13-22)29-18)15-30(26,27)20-10-8-17(9-11-20)28-14-16-4-2-1-3-5-16/h1-5,8-11,18-19,25H,6-7,12-15H2,(H,23,24)/t18-,19+,22?. The molecule has 0 aliphatic carbocycles. The summed E-state index contributed by atoms with van der Waals surface area (Å²) in [5, 5.41) is 9.25. The lowest BCUT2D eigenvalue weighted by atomic mass is 9.78. The highest BCUT2D eigenvalue weighted by Crippen LogP contribution is 2.45. The predicted molar refractivity (Wildman–Crippen MR) is 109 cm³/mol. The number of benzene rings is 2. The third-order valence-electron chi connectivity index (χ3n) is 5.91. The lowest BCUT2D eigenvalue weighted by molar-refractivity contribution is -0.148. The first-order valence-corrected chi connectivity index (χ1v) is 11.6. The molecule has 0 saturated carbocycles. The van der Waals surface area contributed by atoms with Crippen LogP contribution in [0.15, 0.2) is 59.5 Å². The molecule has 2 N–H and O–H groups in total. The summed E-state index contributed by atoms with van der Waals surface area (Å²) in [6.45, 7) is 0.384. The summed E-state index contributed by atoms with van der Waals surface area (Å²) in [7, 11) is -3.76. The molecule has 2 heterocycles. The average Bonchev–Trinajstić information content (AvgIpc) is 3.11. The first-order chi connectivity index (χ1) is 14.4. The van der Waals surface area contributed by atoms with Gasteiger partial charge in [-0.15, -0.1) is 0 Å². The van der Waals surface area contributed by atoms with Gasteiger partial charge in [-0.25, -0.2) is 13.9 Å². The van der Waals surface area contributed by atoms with Gasteiger partial charge in [0, 0.05) is 0 Å². The van der Waals surface area contributed by atoms with E-state index < -0.39 is 21.2 Å². The van der Waals surface area contributed by atoms with Gasteiger partial charge in [-0.1, -0.05) is 30.3 Å². The molecule has 2 fully saturated rings. The molecule has 0 radical (unpaired) electrons. The molecule has 1 unspecified atom stereocenters. The Morgan fingerprint density at radius 3 is 2.30 bits per heavy atom. The van der Waals surface area contributed by atoms with Gasteiger partial charge in [0.05, 0.1) is 28.3 Å². The Labute approximate surface area is 175 Å². The number of carbonyl (C=O) groups excluding carboxylic acids is 1. The fourth-order valence-electron chi connectivity index (χ4n) is 4.45. The van der Waals surface area contributed by atoms with Gasteiger partial charge in [0.2, 0.25) is 0 Å². The molecule has 7 nitrogen and oxygen atoms in total. The highest BCUT2D eigenvalue weighted by atomic mass is 32.2. The topological polar surface area (TPSA) is 102 Å². The molecule has 30 heavy (non-hydrogen) atoms. The molecule has 2 aromatic carbocycles. The van der Waals surface area contributed by atoms with Crippen molar-refractivity contribution in [3.05, 3.63) is 60.2 Å². The van der Waals surface area contributed by atoms with E-state index >= 15 is 0 Å². The Bertz CT molecular complexity index is 978. The molecule has 1 amide bonds. The number of sulfone groups is 1. The number of amides is 1. The molecule has 2 bridgehead atoms. The SMILES string of the molecule is O=C(NO)C1(CS(=O)(=O)c2ccc(OCc3ccccc3)cc2)C[C@H]2CC[C@@H](C1)O2. The van der Waals surface area contributed by atoms with Crippen LogP contribution in [-0.2, 0) is 26.0 Å². The maximum Gasteiger partial charge on any atom is 0.250 e. The van der Waals surface area contributed by atoms with Crippen LogP contribution in [0.1, 0.15) is 31.2 Å². The number of hydrogen-bond donors (Lipinski definition) is 2. The molecule has 2 aliphatic heterocycles. The fraction of sp³-hybridized carbons (Fsp3) is 0.409. The van der Waals surface area contributed by atoms with E-state index in [0.29, 0.717) is 12.4 Å². The van der Waals surface area contributed by atoms with Crippen LogP contribution in [0.2, 0.25) is 0 Å². The van der Waals surface area contributed by atoms with Crippen LogP contribution in [0.3, 0.4) is 0 Å². The Morgan fingerprint density at radius 1 is 1.07 bits per heavy atom. The van der Waals surface area contributed by atoms with Crippen LogP contribution in [0.25, 0.3) is 0 Å². The number of nitrogens with one attached hydrogen (secondary N) is 1. The van der Waals surface area contributed by atoms with Crippen LogP contribution < -0.4 is 10.2 Å². The van der Waals surface area contributed by atoms with Gasteiger partial charge in [0.1, 0.15) is 12.4 Å². The molecular weight excluding hydrogens is 406 g/mol. The zero-order chi connectivity index (χ0) is 21.2. The average molecular weight is 432 g/mol. The quantitative estimate of drug-likeness (QED) is 0.516. The van der Waals surface area contributed by atoms with Gasteiger partial charge in [0.25, 0.3) is 5.91 Å². The zero-order valence-corrected chi connectivity index (χ0v) is 17.3. The minimum absolute atomic E-state index is 0.124. The zero-order valence-electron chi connectivity index (χ0n) is 16.5. The van der Waals surface area contributed by atoms with Gasteiger partial charge < -0.3 is 9.47 Å². The number of ether oxygens (including phenoxy) is 2. The largest absolute Gasteiger partial charge is 0.489 e. The van der Waals surface area contributed by atoms with Crippen molar-refractivity contribution in [2.24, 2.45) is 5.41 Å². The molecule has 2 aromatic rings. The summed E-state index contributed by atoms with van der Waals surface area (Å²) >= 11 is 0. The molecule has 0 aromatic heterocycles. The minimum atomic E-state index is -3.76. The maximum atomic E-state index is 13.1. The molecular formula is C22H25NO6S. The van der Waals surface area contributed by atoms with Gasteiger partial charge >= 0.3 is 0 Å². The second kappa shape index (κ2) is 8.37. The minimum Gasteiger partial charge on any atom is -0.489 e. The van der Waals surface area contributed by atoms with E-state index in [1.165, 1.54) is 12.1 Å². The van der Waals surface area contributed by atoms with Gasteiger partial charge in [-0.3, -0.25) is 10.0 Å². The summed E-state index contributed by atoms with van der Waals surface area (Å²) in [4.78, 5) is 12.6. The number of rotatable bonds is 7. The lowest BCUT2D eigenvalue weighted by Gasteiger charge is -2.38. The van der Waals surface area contributed by atoms with E-state index in [-0.39, 0.29) is 35.7 Å². The summed E-state index contributed by atoms with van der Waals surface area (Å²) in [6, 6.07) is 15.9. The van der Waals surface area contributed by atoms with Crippen molar-refractivity contribution < 1.29 is 27.9 Å². The van der Waals surface area contributed by atoms with Crippen molar-refractivity contribution in [2.45, 2.75) is 49.4 Å². The molecule has 3 atom stereocenters. The molecule has 8 heteroatoms. The Kier molecular flexibility index (Phi) is 5.81. The maximum absolute atomic E-state index is 13.1. The number of carbonyl (C=O) groups is 1. The van der Waals surface area contributed by atoms with Crippen molar-refractivity contribution in [1.29, 1.82) is 0 Å². The second-order valence-corrected chi connectivity index (χ2v) is 10.1. The van der Waals surface area contributed by atoms with E-state index in [0.717, 1.165) is 18.4 Å². The molecule has 160 valence electrons. The highest BCUT2D eigenvalue weighted by molar-refractivity contribution is 7.91. The van der Waals surface area contributed by atoms with Crippen LogP contribution in [-0.4, -0.2) is 37.5 Å². The summed E-state index contributed by atoms with van der Waals surface area (Å²) < 4.78 is 37.7. The van der Waals surface area contributed by atoms with Gasteiger partial charge in [-0.05, 0) is 55.5 Å². The highest BCUT2D eigenvalue weighted by Gasteiger charge is 2.51. The normalized spacial score (nSPS) is 25.6. The van der Waals surface area contributed by atoms with Crippen molar-refractivity contribution in [1.82, 2.24) is 5.48 Å². The summed E-state index contributed by atoms with van der Waals surface area (Å²) in [5.74, 6) is -0.466. The Balaban J connectivity index is 1.49. The van der Waals surface area contributed by atoms with E-state index in [2.05, 4.69) is 0 Å². The molecule has 2 aliphatic rings. The number of fused-ring (bicyclic) bond motifs is 2. The third kappa shape index (κ3) is 4.35. The first kappa shape index (κ1) is 20.8. The van der Waals surface area contributed by atoms with Crippen molar-refractivity contribution in [2.75, 3.05) is 5.75 Å². The lowest BCUT2D eigenvalue weighted by Crippen LogP contribution is -2.50. The third-order valence-corrected chi connectivity index (χ3v) is 7.84. The fourth-order valence-corrected chi connectivity index (χ4v) is 6.27. The van der Waals surface area contributed by atoms with Crippen LogP contribution in [0, 0.1) is 5.41 Å². The Morgan fingerprint density at radius 2 is 1.70 bits per heavy atom. The van der Waals surface area contributed by atoms with Crippen LogP contribution in [0.5, 0.6) is 5.75 Å². The monoisotopic (exact) mass is 431 g/mol. The molecule has 0 spiro atoms. The van der Waals surface area contributed by atoms with Gasteiger partial charge in [-0.2, -0.15) is 0 Å². The van der Waals surface area contributed by atoms with Crippen LogP contribution >= 0.6 is 0 Å². The van der Waals surface area contributed by atoms with E-state index in [4.69, 9.17) is 9.47 Å². The van der Waals surface area contributed by atoms with Gasteiger partial charge in [0.15, 0.2) is 9.84 Å². The smallest absolute Gasteiger partial charge is 0.250 e. The Hall–Kier alpha value is -2.42. The molecule has 2 saturated heterocycles. The predicted octanol–water partition coefficient (Wildman–Crippen LogP) is 2.87.